The van der Waals surface area contributed by atoms with Crippen LogP contribution in [0.5, 0.6) is 0 Å². The molecule has 0 radical (unpaired) electrons. The molecule has 0 spiro atoms. The molecular formula is C14H9N5OS. The van der Waals surface area contributed by atoms with Crippen LogP contribution < -0.4 is 5.73 Å². The van der Waals surface area contributed by atoms with Crippen LogP contribution in [0.4, 0.5) is 5.82 Å². The summed E-state index contributed by atoms with van der Waals surface area (Å²) in [6.45, 7) is 0. The molecule has 0 saturated heterocycles. The third-order valence-electron chi connectivity index (χ3n) is 2.96. The summed E-state index contributed by atoms with van der Waals surface area (Å²) in [6, 6.07) is 11.3. The van der Waals surface area contributed by atoms with Crippen molar-refractivity contribution in [1.82, 2.24) is 20.2 Å². The highest BCUT2D eigenvalue weighted by Gasteiger charge is 2.16. The zero-order valence-corrected chi connectivity index (χ0v) is 11.5. The Hall–Kier alpha value is -2.80. The first-order valence-electron chi connectivity index (χ1n) is 6.21. The Morgan fingerprint density at radius 3 is 2.43 bits per heavy atom. The number of nitrogens with two attached hydrogens (primary N) is 1. The number of thiophene rings is 1. The minimum absolute atomic E-state index is 0.272. The van der Waals surface area contributed by atoms with Crippen molar-refractivity contribution in [3.8, 4) is 22.4 Å². The van der Waals surface area contributed by atoms with E-state index in [4.69, 9.17) is 10.2 Å². The molecule has 3 heterocycles. The van der Waals surface area contributed by atoms with Crippen molar-refractivity contribution >= 4 is 28.2 Å². The number of aromatic nitrogens is 4. The summed E-state index contributed by atoms with van der Waals surface area (Å²) in [5.41, 5.74) is 7.82. The average molecular weight is 295 g/mol. The van der Waals surface area contributed by atoms with Crippen molar-refractivity contribution in [3.05, 3.63) is 41.8 Å². The molecule has 0 saturated carbocycles. The largest absolute Gasteiger partial charge is 0.414 e. The van der Waals surface area contributed by atoms with E-state index in [0.29, 0.717) is 11.6 Å². The smallest absolute Gasteiger partial charge is 0.270 e. The average Bonchev–Trinajstić information content (AvgIpc) is 3.17. The van der Waals surface area contributed by atoms with E-state index >= 15 is 0 Å². The SMILES string of the molecule is Nc1nc2ccccc2nc1-c1nnc(-c2cccs2)o1. The van der Waals surface area contributed by atoms with Crippen molar-refractivity contribution in [2.45, 2.75) is 0 Å². The van der Waals surface area contributed by atoms with Gasteiger partial charge in [0, 0.05) is 0 Å². The zero-order valence-electron chi connectivity index (χ0n) is 10.7. The number of benzene rings is 1. The molecule has 0 atom stereocenters. The van der Waals surface area contributed by atoms with E-state index in [1.807, 2.05) is 41.8 Å². The number of anilines is 1. The Kier molecular flexibility index (Phi) is 2.65. The van der Waals surface area contributed by atoms with E-state index in [0.717, 1.165) is 15.9 Å². The normalized spacial score (nSPS) is 11.0. The molecule has 4 aromatic rings. The Labute approximate surface area is 123 Å². The van der Waals surface area contributed by atoms with Crippen LogP contribution in [0.3, 0.4) is 0 Å². The van der Waals surface area contributed by atoms with Gasteiger partial charge in [0.2, 0.25) is 0 Å². The summed E-state index contributed by atoms with van der Waals surface area (Å²) in [4.78, 5) is 9.68. The number of hydrogen-bond donors (Lipinski definition) is 1. The third kappa shape index (κ3) is 2.03. The van der Waals surface area contributed by atoms with Gasteiger partial charge in [0.15, 0.2) is 11.5 Å². The molecule has 1 aromatic carbocycles. The first kappa shape index (κ1) is 12.0. The van der Waals surface area contributed by atoms with Crippen LogP contribution in [0, 0.1) is 0 Å². The Balaban J connectivity index is 1.85. The molecule has 0 bridgehead atoms. The highest BCUT2D eigenvalue weighted by atomic mass is 32.1. The van der Waals surface area contributed by atoms with Crippen LogP contribution in [-0.2, 0) is 0 Å². The van der Waals surface area contributed by atoms with Crippen molar-refractivity contribution in [2.24, 2.45) is 0 Å². The molecule has 0 amide bonds. The van der Waals surface area contributed by atoms with Gasteiger partial charge >= 0.3 is 0 Å². The predicted molar refractivity (Wildman–Crippen MR) is 80.6 cm³/mol. The Morgan fingerprint density at radius 2 is 1.67 bits per heavy atom. The van der Waals surface area contributed by atoms with Gasteiger partial charge < -0.3 is 10.2 Å². The summed E-state index contributed by atoms with van der Waals surface area (Å²) >= 11 is 1.53. The van der Waals surface area contributed by atoms with Crippen LogP contribution in [-0.4, -0.2) is 20.2 Å². The van der Waals surface area contributed by atoms with E-state index in [1.54, 1.807) is 0 Å². The molecule has 102 valence electrons. The van der Waals surface area contributed by atoms with Crippen molar-refractivity contribution in [1.29, 1.82) is 0 Å². The molecule has 0 unspecified atom stereocenters. The first-order chi connectivity index (χ1) is 10.3. The maximum absolute atomic E-state index is 5.95. The topological polar surface area (TPSA) is 90.7 Å². The number of fused-ring (bicyclic) bond motifs is 1. The monoisotopic (exact) mass is 295 g/mol. The number of hydrogen-bond acceptors (Lipinski definition) is 7. The molecule has 0 fully saturated rings. The maximum atomic E-state index is 5.95. The van der Waals surface area contributed by atoms with Crippen LogP contribution >= 0.6 is 11.3 Å². The number of rotatable bonds is 2. The van der Waals surface area contributed by atoms with E-state index in [-0.39, 0.29) is 11.7 Å². The minimum atomic E-state index is 0.272. The number of para-hydroxylation sites is 2. The summed E-state index contributed by atoms with van der Waals surface area (Å²) in [6.07, 6.45) is 0. The van der Waals surface area contributed by atoms with Gasteiger partial charge in [-0.3, -0.25) is 0 Å². The van der Waals surface area contributed by atoms with Crippen molar-refractivity contribution in [2.75, 3.05) is 5.73 Å². The fourth-order valence-corrected chi connectivity index (χ4v) is 2.63. The lowest BCUT2D eigenvalue weighted by Crippen LogP contribution is -1.98. The Morgan fingerprint density at radius 1 is 0.905 bits per heavy atom. The van der Waals surface area contributed by atoms with Crippen LogP contribution in [0.1, 0.15) is 0 Å². The quantitative estimate of drug-likeness (QED) is 0.611. The minimum Gasteiger partial charge on any atom is -0.414 e. The van der Waals surface area contributed by atoms with Crippen LogP contribution in [0.25, 0.3) is 33.4 Å². The molecule has 3 aromatic heterocycles. The first-order valence-corrected chi connectivity index (χ1v) is 7.09. The molecular weight excluding hydrogens is 286 g/mol. The van der Waals surface area contributed by atoms with Gasteiger partial charge in [-0.1, -0.05) is 18.2 Å². The lowest BCUT2D eigenvalue weighted by molar-refractivity contribution is 0.584. The third-order valence-corrected chi connectivity index (χ3v) is 3.81. The summed E-state index contributed by atoms with van der Waals surface area (Å²) in [7, 11) is 0. The molecule has 6 nitrogen and oxygen atoms in total. The van der Waals surface area contributed by atoms with Gasteiger partial charge in [0.1, 0.15) is 0 Å². The summed E-state index contributed by atoms with van der Waals surface area (Å²) < 4.78 is 5.65. The fourth-order valence-electron chi connectivity index (χ4n) is 1.99. The molecule has 0 aliphatic rings. The lowest BCUT2D eigenvalue weighted by Gasteiger charge is -2.02. The van der Waals surface area contributed by atoms with Crippen molar-refractivity contribution < 1.29 is 4.42 Å². The summed E-state index contributed by atoms with van der Waals surface area (Å²) in [5, 5.41) is 9.99. The molecule has 21 heavy (non-hydrogen) atoms. The predicted octanol–water partition coefficient (Wildman–Crippen LogP) is 2.99. The maximum Gasteiger partial charge on any atom is 0.270 e. The zero-order chi connectivity index (χ0) is 14.2. The van der Waals surface area contributed by atoms with Gasteiger partial charge in [0.25, 0.3) is 11.8 Å². The standard InChI is InChI=1S/C14H9N5OS/c15-12-11(16-8-4-1-2-5-9(8)17-12)14-19-18-13(20-14)10-6-3-7-21-10/h1-7H,(H2,15,17). The number of nitrogens with zero attached hydrogens (tertiary/aromatic N) is 4. The van der Waals surface area contributed by atoms with Crippen molar-refractivity contribution in [3.63, 3.8) is 0 Å². The molecule has 4 rings (SSSR count). The van der Waals surface area contributed by atoms with Gasteiger partial charge in [-0.15, -0.1) is 21.5 Å². The molecule has 2 N–H and O–H groups in total. The highest BCUT2D eigenvalue weighted by Crippen LogP contribution is 2.28. The molecule has 7 heteroatoms. The molecule has 0 aliphatic heterocycles. The van der Waals surface area contributed by atoms with E-state index in [1.165, 1.54) is 11.3 Å². The van der Waals surface area contributed by atoms with E-state index < -0.39 is 0 Å². The van der Waals surface area contributed by atoms with Gasteiger partial charge in [0.05, 0.1) is 15.9 Å². The van der Waals surface area contributed by atoms with Gasteiger partial charge in [-0.05, 0) is 23.6 Å². The Bertz CT molecular complexity index is 916. The van der Waals surface area contributed by atoms with Gasteiger partial charge in [-0.2, -0.15) is 0 Å². The van der Waals surface area contributed by atoms with Crippen LogP contribution in [0.15, 0.2) is 46.2 Å². The van der Waals surface area contributed by atoms with Crippen LogP contribution in [0.2, 0.25) is 0 Å². The lowest BCUT2D eigenvalue weighted by atomic mass is 10.3. The molecule has 0 aliphatic carbocycles. The van der Waals surface area contributed by atoms with E-state index in [2.05, 4.69) is 20.2 Å². The second kappa shape index (κ2) is 4.64. The second-order valence-corrected chi connectivity index (χ2v) is 5.28. The fraction of sp³-hybridized carbons (Fsp3) is 0. The summed E-state index contributed by atoms with van der Waals surface area (Å²) in [5.74, 6) is 0.999. The van der Waals surface area contributed by atoms with E-state index in [9.17, 15) is 0 Å². The number of nitrogen functional groups attached to an aromatic ring is 1. The second-order valence-electron chi connectivity index (χ2n) is 4.34. The van der Waals surface area contributed by atoms with Gasteiger partial charge in [-0.25, -0.2) is 9.97 Å². The highest BCUT2D eigenvalue weighted by molar-refractivity contribution is 7.13.